The van der Waals surface area contributed by atoms with Gasteiger partial charge in [0.25, 0.3) is 0 Å². The SMILES string of the molecule is Cc1ccc(NC(=O)C2CCNC2)c(C(=O)O)c1. The second-order valence-corrected chi connectivity index (χ2v) is 4.53. The van der Waals surface area contributed by atoms with Crippen LogP contribution >= 0.6 is 0 Å². The second kappa shape index (κ2) is 5.18. The van der Waals surface area contributed by atoms with E-state index in [1.807, 2.05) is 6.92 Å². The van der Waals surface area contributed by atoms with Crippen LogP contribution in [0.5, 0.6) is 0 Å². The van der Waals surface area contributed by atoms with Crippen LogP contribution in [0.15, 0.2) is 18.2 Å². The molecule has 0 radical (unpaired) electrons. The summed E-state index contributed by atoms with van der Waals surface area (Å²) in [5.74, 6) is -1.22. The van der Waals surface area contributed by atoms with Crippen molar-refractivity contribution in [2.24, 2.45) is 5.92 Å². The van der Waals surface area contributed by atoms with Gasteiger partial charge in [-0.05, 0) is 32.0 Å². The first-order chi connectivity index (χ1) is 8.58. The topological polar surface area (TPSA) is 78.4 Å². The minimum Gasteiger partial charge on any atom is -0.478 e. The first-order valence-corrected chi connectivity index (χ1v) is 5.93. The Labute approximate surface area is 105 Å². The van der Waals surface area contributed by atoms with Gasteiger partial charge in [-0.1, -0.05) is 11.6 Å². The van der Waals surface area contributed by atoms with Gasteiger partial charge in [0.05, 0.1) is 17.2 Å². The van der Waals surface area contributed by atoms with E-state index in [9.17, 15) is 9.59 Å². The molecule has 0 saturated carbocycles. The number of carbonyl (C=O) groups excluding carboxylic acids is 1. The molecule has 1 atom stereocenters. The Bertz CT molecular complexity index is 479. The number of amides is 1. The van der Waals surface area contributed by atoms with Gasteiger partial charge in [0.1, 0.15) is 0 Å². The molecule has 1 unspecified atom stereocenters. The smallest absolute Gasteiger partial charge is 0.337 e. The number of carbonyl (C=O) groups is 2. The number of nitrogens with one attached hydrogen (secondary N) is 2. The molecule has 0 spiro atoms. The Kier molecular flexibility index (Phi) is 3.62. The third-order valence-electron chi connectivity index (χ3n) is 3.09. The fourth-order valence-electron chi connectivity index (χ4n) is 2.06. The molecule has 0 bridgehead atoms. The minimum atomic E-state index is -1.03. The van der Waals surface area contributed by atoms with Gasteiger partial charge in [-0.15, -0.1) is 0 Å². The van der Waals surface area contributed by atoms with Crippen LogP contribution in [-0.4, -0.2) is 30.1 Å². The zero-order valence-electron chi connectivity index (χ0n) is 10.2. The average molecular weight is 248 g/mol. The molecule has 5 nitrogen and oxygen atoms in total. The summed E-state index contributed by atoms with van der Waals surface area (Å²) in [6.45, 7) is 3.30. The first kappa shape index (κ1) is 12.6. The third-order valence-corrected chi connectivity index (χ3v) is 3.09. The molecular formula is C13H16N2O3. The molecule has 0 aromatic heterocycles. The summed E-state index contributed by atoms with van der Waals surface area (Å²) in [5, 5.41) is 14.9. The van der Waals surface area contributed by atoms with E-state index in [0.717, 1.165) is 18.5 Å². The lowest BCUT2D eigenvalue weighted by Gasteiger charge is -2.12. The second-order valence-electron chi connectivity index (χ2n) is 4.53. The van der Waals surface area contributed by atoms with E-state index in [-0.39, 0.29) is 17.4 Å². The fourth-order valence-corrected chi connectivity index (χ4v) is 2.06. The molecule has 2 rings (SSSR count). The number of aromatic carboxylic acids is 1. The lowest BCUT2D eigenvalue weighted by atomic mass is 10.1. The number of hydrogen-bond donors (Lipinski definition) is 3. The summed E-state index contributed by atoms with van der Waals surface area (Å²) in [5.41, 5.74) is 1.35. The summed E-state index contributed by atoms with van der Waals surface area (Å²) in [6, 6.07) is 4.98. The highest BCUT2D eigenvalue weighted by molar-refractivity contribution is 6.01. The van der Waals surface area contributed by atoms with Crippen LogP contribution in [0.25, 0.3) is 0 Å². The minimum absolute atomic E-state index is 0.0760. The van der Waals surface area contributed by atoms with Crippen molar-refractivity contribution in [3.63, 3.8) is 0 Å². The maximum absolute atomic E-state index is 11.9. The van der Waals surface area contributed by atoms with E-state index in [2.05, 4.69) is 10.6 Å². The van der Waals surface area contributed by atoms with Crippen molar-refractivity contribution in [2.45, 2.75) is 13.3 Å². The highest BCUT2D eigenvalue weighted by Crippen LogP contribution is 2.19. The van der Waals surface area contributed by atoms with E-state index in [1.54, 1.807) is 18.2 Å². The fraction of sp³-hybridized carbons (Fsp3) is 0.385. The zero-order valence-corrected chi connectivity index (χ0v) is 10.2. The van der Waals surface area contributed by atoms with Gasteiger partial charge >= 0.3 is 5.97 Å². The number of rotatable bonds is 3. The maximum Gasteiger partial charge on any atom is 0.337 e. The number of anilines is 1. The lowest BCUT2D eigenvalue weighted by Crippen LogP contribution is -2.25. The van der Waals surface area contributed by atoms with Crippen LogP contribution in [-0.2, 0) is 4.79 Å². The summed E-state index contributed by atoms with van der Waals surface area (Å²) in [7, 11) is 0. The van der Waals surface area contributed by atoms with Crippen molar-refractivity contribution in [1.82, 2.24) is 5.32 Å². The van der Waals surface area contributed by atoms with Gasteiger partial charge in [0.2, 0.25) is 5.91 Å². The molecule has 0 aliphatic carbocycles. The van der Waals surface area contributed by atoms with E-state index in [4.69, 9.17) is 5.11 Å². The molecule has 1 aromatic carbocycles. The average Bonchev–Trinajstić information content (AvgIpc) is 2.84. The number of carboxylic acid groups (broad SMARTS) is 1. The quantitative estimate of drug-likeness (QED) is 0.752. The Morgan fingerprint density at radius 2 is 2.22 bits per heavy atom. The van der Waals surface area contributed by atoms with Gasteiger partial charge in [-0.25, -0.2) is 4.79 Å². The van der Waals surface area contributed by atoms with Crippen LogP contribution in [0.3, 0.4) is 0 Å². The predicted octanol–water partition coefficient (Wildman–Crippen LogP) is 1.24. The van der Waals surface area contributed by atoms with Gasteiger partial charge < -0.3 is 15.7 Å². The monoisotopic (exact) mass is 248 g/mol. The molecule has 1 saturated heterocycles. The van der Waals surface area contributed by atoms with Crippen molar-refractivity contribution in [3.05, 3.63) is 29.3 Å². The molecule has 1 amide bonds. The van der Waals surface area contributed by atoms with E-state index < -0.39 is 5.97 Å². The van der Waals surface area contributed by atoms with E-state index in [0.29, 0.717) is 12.2 Å². The van der Waals surface area contributed by atoms with Crippen molar-refractivity contribution in [2.75, 3.05) is 18.4 Å². The standard InChI is InChI=1S/C13H16N2O3/c1-8-2-3-11(10(6-8)13(17)18)15-12(16)9-4-5-14-7-9/h2-3,6,9,14H,4-5,7H2,1H3,(H,15,16)(H,17,18). The van der Waals surface area contributed by atoms with Crippen LogP contribution in [0.1, 0.15) is 22.3 Å². The summed E-state index contributed by atoms with van der Waals surface area (Å²) in [4.78, 5) is 23.0. The van der Waals surface area contributed by atoms with Gasteiger partial charge in [0.15, 0.2) is 0 Å². The Morgan fingerprint density at radius 1 is 1.44 bits per heavy atom. The van der Waals surface area contributed by atoms with Gasteiger partial charge in [0, 0.05) is 6.54 Å². The van der Waals surface area contributed by atoms with E-state index >= 15 is 0 Å². The van der Waals surface area contributed by atoms with Crippen molar-refractivity contribution in [3.8, 4) is 0 Å². The summed E-state index contributed by atoms with van der Waals surface area (Å²) < 4.78 is 0. The van der Waals surface area contributed by atoms with Gasteiger partial charge in [-0.3, -0.25) is 4.79 Å². The normalized spacial score (nSPS) is 18.6. The maximum atomic E-state index is 11.9. The first-order valence-electron chi connectivity index (χ1n) is 5.93. The molecule has 5 heteroatoms. The third kappa shape index (κ3) is 2.68. The molecule has 1 aliphatic rings. The number of carboxylic acids is 1. The number of benzene rings is 1. The van der Waals surface area contributed by atoms with Crippen molar-refractivity contribution in [1.29, 1.82) is 0 Å². The van der Waals surface area contributed by atoms with Gasteiger partial charge in [-0.2, -0.15) is 0 Å². The van der Waals surface area contributed by atoms with Crippen LogP contribution in [0, 0.1) is 12.8 Å². The molecular weight excluding hydrogens is 232 g/mol. The predicted molar refractivity (Wildman–Crippen MR) is 67.7 cm³/mol. The highest BCUT2D eigenvalue weighted by Gasteiger charge is 2.23. The molecule has 1 aromatic rings. The number of aryl methyl sites for hydroxylation is 1. The molecule has 1 aliphatic heterocycles. The molecule has 96 valence electrons. The highest BCUT2D eigenvalue weighted by atomic mass is 16.4. The van der Waals surface area contributed by atoms with Crippen LogP contribution < -0.4 is 10.6 Å². The molecule has 18 heavy (non-hydrogen) atoms. The van der Waals surface area contributed by atoms with Crippen molar-refractivity contribution >= 4 is 17.6 Å². The lowest BCUT2D eigenvalue weighted by molar-refractivity contribution is -0.119. The Morgan fingerprint density at radius 3 is 2.83 bits per heavy atom. The molecule has 1 fully saturated rings. The summed E-state index contributed by atoms with van der Waals surface area (Å²) >= 11 is 0. The molecule has 1 heterocycles. The Balaban J connectivity index is 2.17. The Hall–Kier alpha value is -1.88. The summed E-state index contributed by atoms with van der Waals surface area (Å²) in [6.07, 6.45) is 0.792. The number of hydrogen-bond acceptors (Lipinski definition) is 3. The van der Waals surface area contributed by atoms with Crippen molar-refractivity contribution < 1.29 is 14.7 Å². The molecule has 3 N–H and O–H groups in total. The van der Waals surface area contributed by atoms with Crippen LogP contribution in [0.4, 0.5) is 5.69 Å². The zero-order chi connectivity index (χ0) is 13.1. The largest absolute Gasteiger partial charge is 0.478 e. The van der Waals surface area contributed by atoms with E-state index in [1.165, 1.54) is 0 Å². The van der Waals surface area contributed by atoms with Crippen LogP contribution in [0.2, 0.25) is 0 Å².